The second-order valence-electron chi connectivity index (χ2n) is 11.7. The van der Waals surface area contributed by atoms with E-state index in [0.717, 1.165) is 41.4 Å². The number of rotatable bonds is 14. The summed E-state index contributed by atoms with van der Waals surface area (Å²) < 4.78 is 10.5. The average molecular weight is 642 g/mol. The Morgan fingerprint density at radius 2 is 1.89 bits per heavy atom. The predicted octanol–water partition coefficient (Wildman–Crippen LogP) is 1.81. The number of aromatic nitrogens is 1. The minimum absolute atomic E-state index is 0.0136. The number of aliphatic hydroxyl groups is 1. The van der Waals surface area contributed by atoms with E-state index in [4.69, 9.17) is 15.2 Å². The fourth-order valence-electron chi connectivity index (χ4n) is 4.98. The SMILES string of the molecule is CC(NC(=O)C(O)C1CC1)C(=O)N1CCCC(C(N)=O)N1.CCOCC(/C=C/c1ccc2ccc(CC)nc2c1)(COC)C(=O)O. The zero-order chi connectivity index (χ0) is 33.9. The molecule has 1 aromatic carbocycles. The first-order valence-electron chi connectivity index (χ1n) is 15.7. The first-order chi connectivity index (χ1) is 21.9. The number of fused-ring (bicyclic) bond motifs is 1. The fraction of sp³-hybridized carbons (Fsp3) is 0.545. The Morgan fingerprint density at radius 1 is 1.17 bits per heavy atom. The van der Waals surface area contributed by atoms with Gasteiger partial charge in [0.25, 0.3) is 5.91 Å². The molecule has 4 unspecified atom stereocenters. The largest absolute Gasteiger partial charge is 0.480 e. The van der Waals surface area contributed by atoms with Gasteiger partial charge < -0.3 is 30.7 Å². The van der Waals surface area contributed by atoms with Gasteiger partial charge in [-0.1, -0.05) is 37.3 Å². The third kappa shape index (κ3) is 10.0. The van der Waals surface area contributed by atoms with E-state index >= 15 is 0 Å². The molecule has 2 heterocycles. The number of primary amides is 1. The van der Waals surface area contributed by atoms with Crippen molar-refractivity contribution in [3.8, 4) is 0 Å². The molecule has 6 N–H and O–H groups in total. The van der Waals surface area contributed by atoms with Gasteiger partial charge in [0.05, 0.1) is 18.7 Å². The summed E-state index contributed by atoms with van der Waals surface area (Å²) in [4.78, 5) is 51.6. The normalized spacial score (nSPS) is 19.1. The zero-order valence-corrected chi connectivity index (χ0v) is 27.0. The van der Waals surface area contributed by atoms with Crippen molar-refractivity contribution in [1.82, 2.24) is 20.7 Å². The van der Waals surface area contributed by atoms with E-state index in [1.54, 1.807) is 19.1 Å². The van der Waals surface area contributed by atoms with Crippen LogP contribution in [0, 0.1) is 11.3 Å². The van der Waals surface area contributed by atoms with E-state index in [-0.39, 0.29) is 25.0 Å². The molecule has 0 radical (unpaired) electrons. The van der Waals surface area contributed by atoms with E-state index in [2.05, 4.69) is 28.7 Å². The maximum Gasteiger partial charge on any atom is 0.318 e. The van der Waals surface area contributed by atoms with Crippen LogP contribution in [0.25, 0.3) is 17.0 Å². The molecule has 0 bridgehead atoms. The first-order valence-corrected chi connectivity index (χ1v) is 15.7. The molecule has 4 rings (SSSR count). The van der Waals surface area contributed by atoms with Crippen molar-refractivity contribution in [2.24, 2.45) is 17.1 Å². The second-order valence-corrected chi connectivity index (χ2v) is 11.7. The third-order valence-electron chi connectivity index (χ3n) is 7.98. The number of methoxy groups -OCH3 is 1. The Morgan fingerprint density at radius 3 is 2.50 bits per heavy atom. The number of ether oxygens (including phenoxy) is 2. The Hall–Kier alpha value is -3.91. The maximum atomic E-state index is 12.2. The zero-order valence-electron chi connectivity index (χ0n) is 27.0. The van der Waals surface area contributed by atoms with Crippen molar-refractivity contribution in [3.63, 3.8) is 0 Å². The van der Waals surface area contributed by atoms with Gasteiger partial charge in [-0.25, -0.2) is 5.43 Å². The van der Waals surface area contributed by atoms with Gasteiger partial charge in [0.2, 0.25) is 11.8 Å². The number of aryl methyl sites for hydroxylation is 1. The topological polar surface area (TPSA) is 193 Å². The number of benzene rings is 1. The summed E-state index contributed by atoms with van der Waals surface area (Å²) in [5, 5.41) is 24.3. The molecule has 1 saturated heterocycles. The Balaban J connectivity index is 0.000000254. The Bertz CT molecular complexity index is 1400. The number of hydrazine groups is 1. The number of carbonyl (C=O) groups is 4. The molecule has 46 heavy (non-hydrogen) atoms. The number of nitrogens with one attached hydrogen (secondary N) is 2. The summed E-state index contributed by atoms with van der Waals surface area (Å²) in [6.45, 7) is 6.47. The van der Waals surface area contributed by atoms with Gasteiger partial charge >= 0.3 is 5.97 Å². The highest BCUT2D eigenvalue weighted by Crippen LogP contribution is 2.32. The number of carboxylic acids is 1. The number of carbonyl (C=O) groups excluding carboxylic acids is 3. The molecule has 1 aliphatic carbocycles. The van der Waals surface area contributed by atoms with E-state index < -0.39 is 41.4 Å². The van der Waals surface area contributed by atoms with Crippen LogP contribution in [0.1, 0.15) is 57.7 Å². The molecule has 2 aliphatic rings. The fourth-order valence-corrected chi connectivity index (χ4v) is 4.98. The smallest absolute Gasteiger partial charge is 0.318 e. The molecule has 1 aliphatic heterocycles. The van der Waals surface area contributed by atoms with Crippen LogP contribution in [0.5, 0.6) is 0 Å². The molecule has 13 heteroatoms. The van der Waals surface area contributed by atoms with Crippen molar-refractivity contribution >= 4 is 40.7 Å². The van der Waals surface area contributed by atoms with Crippen molar-refractivity contribution in [3.05, 3.63) is 47.7 Å². The van der Waals surface area contributed by atoms with Crippen LogP contribution >= 0.6 is 0 Å². The van der Waals surface area contributed by atoms with E-state index in [1.807, 2.05) is 31.2 Å². The monoisotopic (exact) mass is 641 g/mol. The molecular weight excluding hydrogens is 594 g/mol. The number of aliphatic carboxylic acids is 1. The maximum absolute atomic E-state index is 12.2. The predicted molar refractivity (Wildman–Crippen MR) is 172 cm³/mol. The molecule has 2 aromatic rings. The standard InChI is InChI=1S/C20H25NO4.C13H22N4O4/c1-4-17-9-8-16-7-6-15(12-18(16)21-17)10-11-20(13-24-3,19(22)23)14-25-5-2;1-7(15-12(20)10(18)8-4-5-8)13(21)17-6-2-3-9(16-17)11(14)19/h6-12H,4-5,13-14H2,1-3H3,(H,22,23);7-10,16,18H,2-6H2,1H3,(H2,14,19)(H,15,20)/b11-10+;. The summed E-state index contributed by atoms with van der Waals surface area (Å²) in [5.74, 6) is -2.33. The number of hydrogen-bond acceptors (Lipinski definition) is 9. The van der Waals surface area contributed by atoms with Gasteiger partial charge in [0, 0.05) is 31.3 Å². The molecule has 252 valence electrons. The van der Waals surface area contributed by atoms with Crippen LogP contribution in [0.3, 0.4) is 0 Å². The van der Waals surface area contributed by atoms with Crippen LogP contribution < -0.4 is 16.5 Å². The number of hydrogen-bond donors (Lipinski definition) is 5. The number of aliphatic hydroxyl groups excluding tert-OH is 1. The number of pyridine rings is 1. The summed E-state index contributed by atoms with van der Waals surface area (Å²) >= 11 is 0. The number of nitrogens with two attached hydrogens (primary N) is 1. The number of nitrogens with zero attached hydrogens (tertiary/aromatic N) is 2. The molecule has 0 spiro atoms. The molecule has 4 atom stereocenters. The van der Waals surface area contributed by atoms with Crippen molar-refractivity contribution in [1.29, 1.82) is 0 Å². The Kier molecular flexibility index (Phi) is 13.6. The first kappa shape index (κ1) is 36.6. The minimum Gasteiger partial charge on any atom is -0.480 e. The highest BCUT2D eigenvalue weighted by atomic mass is 16.5. The number of carboxylic acid groups (broad SMARTS) is 1. The third-order valence-corrected chi connectivity index (χ3v) is 7.98. The quantitative estimate of drug-likeness (QED) is 0.203. The molecular formula is C33H47N5O8. The second kappa shape index (κ2) is 17.1. The van der Waals surface area contributed by atoms with Crippen molar-refractivity contribution in [2.75, 3.05) is 33.5 Å². The van der Waals surface area contributed by atoms with Crippen LogP contribution in [-0.4, -0.2) is 95.6 Å². The lowest BCUT2D eigenvalue weighted by molar-refractivity contribution is -0.152. The van der Waals surface area contributed by atoms with Gasteiger partial charge in [-0.3, -0.25) is 29.2 Å². The summed E-state index contributed by atoms with van der Waals surface area (Å²) in [6, 6.07) is 8.64. The number of amides is 3. The Labute approximate surface area is 269 Å². The highest BCUT2D eigenvalue weighted by molar-refractivity contribution is 5.89. The lowest BCUT2D eigenvalue weighted by Crippen LogP contribution is -2.60. The molecule has 1 saturated carbocycles. The molecule has 1 aromatic heterocycles. The van der Waals surface area contributed by atoms with Gasteiger partial charge in [-0.15, -0.1) is 0 Å². The van der Waals surface area contributed by atoms with Crippen molar-refractivity contribution < 1.29 is 38.9 Å². The summed E-state index contributed by atoms with van der Waals surface area (Å²) in [7, 11) is 1.49. The van der Waals surface area contributed by atoms with E-state index in [1.165, 1.54) is 12.1 Å². The molecule has 2 fully saturated rings. The van der Waals surface area contributed by atoms with Crippen molar-refractivity contribution in [2.45, 2.75) is 71.1 Å². The van der Waals surface area contributed by atoms with Crippen LogP contribution in [-0.2, 0) is 35.1 Å². The van der Waals surface area contributed by atoms with Crippen LogP contribution in [0.4, 0.5) is 0 Å². The lowest BCUT2D eigenvalue weighted by atomic mass is 9.89. The molecule has 3 amide bonds. The summed E-state index contributed by atoms with van der Waals surface area (Å²) in [6.07, 6.45) is 6.20. The van der Waals surface area contributed by atoms with Crippen LogP contribution in [0.2, 0.25) is 0 Å². The highest BCUT2D eigenvalue weighted by Gasteiger charge is 2.37. The van der Waals surface area contributed by atoms with Crippen LogP contribution in [0.15, 0.2) is 36.4 Å². The van der Waals surface area contributed by atoms with E-state index in [0.29, 0.717) is 26.0 Å². The van der Waals surface area contributed by atoms with Gasteiger partial charge in [-0.2, -0.15) is 0 Å². The van der Waals surface area contributed by atoms with Gasteiger partial charge in [0.15, 0.2) is 0 Å². The van der Waals surface area contributed by atoms with E-state index in [9.17, 15) is 29.4 Å². The minimum atomic E-state index is -1.21. The summed E-state index contributed by atoms with van der Waals surface area (Å²) in [5.41, 5.74) is 9.61. The molecule has 13 nitrogen and oxygen atoms in total. The lowest BCUT2D eigenvalue weighted by Gasteiger charge is -2.34. The van der Waals surface area contributed by atoms with Gasteiger partial charge in [-0.05, 0) is 69.6 Å². The van der Waals surface area contributed by atoms with Gasteiger partial charge in [0.1, 0.15) is 23.6 Å². The average Bonchev–Trinajstić information content (AvgIpc) is 3.91.